The Kier molecular flexibility index (Phi) is 7.06. The van der Waals surface area contributed by atoms with Crippen molar-refractivity contribution in [3.05, 3.63) is 148 Å². The second kappa shape index (κ2) is 11.2. The van der Waals surface area contributed by atoms with Crippen molar-refractivity contribution in [2.45, 2.75) is 5.54 Å². The molecule has 42 heavy (non-hydrogen) atoms. The minimum Gasteiger partial charge on any atom is -0.378 e. The molecule has 1 fully saturated rings. The average Bonchev–Trinajstić information content (AvgIpc) is 3.42. The van der Waals surface area contributed by atoms with Gasteiger partial charge in [0.15, 0.2) is 0 Å². The molecule has 0 saturated carbocycles. The Morgan fingerprint density at radius 1 is 0.738 bits per heavy atom. The van der Waals surface area contributed by atoms with Crippen molar-refractivity contribution in [3.63, 3.8) is 0 Å². The number of morpholine rings is 1. The molecule has 0 N–H and O–H groups in total. The Balaban J connectivity index is 1.57. The predicted octanol–water partition coefficient (Wildman–Crippen LogP) is 7.68. The standard InChI is InChI=1S/C35H28BrFN4O/c36-30-23-29-32(24-31(30)37)41(39-34(29)25-16-17-38-33(22-25)40-18-20-42-21-19-40)35(26-10-4-1-5-11-26,27-12-6-2-7-13-27)28-14-8-3-9-15-28/h1-17,22-24H,18-21H2. The normalized spacial score (nSPS) is 13.9. The van der Waals surface area contributed by atoms with Crippen molar-refractivity contribution in [3.8, 4) is 11.3 Å². The number of fused-ring (bicyclic) bond motifs is 1. The van der Waals surface area contributed by atoms with Crippen LogP contribution in [0.3, 0.4) is 0 Å². The topological polar surface area (TPSA) is 43.2 Å². The molecule has 0 radical (unpaired) electrons. The van der Waals surface area contributed by atoms with Gasteiger partial charge in [0.25, 0.3) is 0 Å². The Morgan fingerprint density at radius 2 is 1.31 bits per heavy atom. The van der Waals surface area contributed by atoms with Crippen LogP contribution < -0.4 is 4.90 Å². The summed E-state index contributed by atoms with van der Waals surface area (Å²) in [5, 5.41) is 6.23. The van der Waals surface area contributed by atoms with Gasteiger partial charge in [0.05, 0.1) is 23.2 Å². The SMILES string of the molecule is Fc1cc2c(cc1Br)c(-c1ccnc(N3CCOCC3)c1)nn2C(c1ccccc1)(c1ccccc1)c1ccccc1. The summed E-state index contributed by atoms with van der Waals surface area (Å²) in [5.41, 5.74) is 4.53. The van der Waals surface area contributed by atoms with Gasteiger partial charge in [0.2, 0.25) is 0 Å². The first-order valence-electron chi connectivity index (χ1n) is 14.0. The fraction of sp³-hybridized carbons (Fsp3) is 0.143. The van der Waals surface area contributed by atoms with Gasteiger partial charge < -0.3 is 9.64 Å². The Hall–Kier alpha value is -4.33. The Labute approximate surface area is 252 Å². The zero-order valence-electron chi connectivity index (χ0n) is 22.8. The first-order valence-corrected chi connectivity index (χ1v) is 14.8. The van der Waals surface area contributed by atoms with Crippen molar-refractivity contribution in [2.75, 3.05) is 31.2 Å². The number of rotatable bonds is 6. The van der Waals surface area contributed by atoms with E-state index in [4.69, 9.17) is 9.84 Å². The van der Waals surface area contributed by atoms with Gasteiger partial charge in [-0.1, -0.05) is 91.0 Å². The van der Waals surface area contributed by atoms with E-state index in [9.17, 15) is 0 Å². The van der Waals surface area contributed by atoms with E-state index >= 15 is 4.39 Å². The lowest BCUT2D eigenvalue weighted by atomic mass is 9.77. The third-order valence-corrected chi connectivity index (χ3v) is 8.58. The molecule has 5 nitrogen and oxygen atoms in total. The Morgan fingerprint density at radius 3 is 1.88 bits per heavy atom. The molecular formula is C35H28BrFN4O. The lowest BCUT2D eigenvalue weighted by Crippen LogP contribution is -2.38. The minimum atomic E-state index is -0.888. The largest absolute Gasteiger partial charge is 0.378 e. The van der Waals surface area contributed by atoms with Gasteiger partial charge in [-0.3, -0.25) is 0 Å². The highest BCUT2D eigenvalue weighted by atomic mass is 79.9. The molecule has 7 heteroatoms. The van der Waals surface area contributed by atoms with Crippen LogP contribution in [0.2, 0.25) is 0 Å². The maximum atomic E-state index is 15.4. The highest BCUT2D eigenvalue weighted by molar-refractivity contribution is 9.10. The summed E-state index contributed by atoms with van der Waals surface area (Å²) in [6.07, 6.45) is 1.82. The van der Waals surface area contributed by atoms with E-state index in [0.717, 1.165) is 52.2 Å². The van der Waals surface area contributed by atoms with Crippen LogP contribution in [0.5, 0.6) is 0 Å². The summed E-state index contributed by atoms with van der Waals surface area (Å²) in [4.78, 5) is 6.89. The van der Waals surface area contributed by atoms with Crippen molar-refractivity contribution >= 4 is 32.7 Å². The number of aromatic nitrogens is 3. The van der Waals surface area contributed by atoms with E-state index in [1.165, 1.54) is 0 Å². The first-order chi connectivity index (χ1) is 20.7. The third kappa shape index (κ3) is 4.49. The average molecular weight is 620 g/mol. The van der Waals surface area contributed by atoms with Crippen molar-refractivity contribution in [1.82, 2.24) is 14.8 Å². The summed E-state index contributed by atoms with van der Waals surface area (Å²) >= 11 is 3.45. The summed E-state index contributed by atoms with van der Waals surface area (Å²) in [5.74, 6) is 0.530. The van der Waals surface area contributed by atoms with Crippen molar-refractivity contribution in [1.29, 1.82) is 0 Å². The first kappa shape index (κ1) is 26.6. The summed E-state index contributed by atoms with van der Waals surface area (Å²) in [7, 11) is 0. The van der Waals surface area contributed by atoms with Gasteiger partial charge in [0, 0.05) is 36.3 Å². The smallest absolute Gasteiger partial charge is 0.139 e. The molecule has 0 unspecified atom stereocenters. The van der Waals surface area contributed by atoms with Crippen LogP contribution >= 0.6 is 15.9 Å². The number of nitrogens with zero attached hydrogens (tertiary/aromatic N) is 4. The molecule has 0 bridgehead atoms. The third-order valence-electron chi connectivity index (χ3n) is 7.97. The molecule has 7 rings (SSSR count). The fourth-order valence-electron chi connectivity index (χ4n) is 6.01. The maximum Gasteiger partial charge on any atom is 0.139 e. The van der Waals surface area contributed by atoms with Crippen LogP contribution in [0.4, 0.5) is 10.2 Å². The number of ether oxygens (including phenoxy) is 1. The molecule has 4 aromatic carbocycles. The molecule has 6 aromatic rings. The summed E-state index contributed by atoms with van der Waals surface area (Å²) < 4.78 is 23.4. The highest BCUT2D eigenvalue weighted by Gasteiger charge is 2.41. The van der Waals surface area contributed by atoms with Gasteiger partial charge in [-0.25, -0.2) is 14.1 Å². The lowest BCUT2D eigenvalue weighted by molar-refractivity contribution is 0.122. The zero-order valence-corrected chi connectivity index (χ0v) is 24.4. The van der Waals surface area contributed by atoms with E-state index in [0.29, 0.717) is 23.2 Å². The van der Waals surface area contributed by atoms with Crippen LogP contribution in [0.25, 0.3) is 22.2 Å². The number of hydrogen-bond acceptors (Lipinski definition) is 4. The second-order valence-electron chi connectivity index (χ2n) is 10.4. The van der Waals surface area contributed by atoms with Crippen LogP contribution in [0, 0.1) is 5.82 Å². The lowest BCUT2D eigenvalue weighted by Gasteiger charge is -2.37. The Bertz CT molecular complexity index is 1740. The molecule has 1 aliphatic heterocycles. The van der Waals surface area contributed by atoms with E-state index in [1.807, 2.05) is 77.6 Å². The fourth-order valence-corrected chi connectivity index (χ4v) is 6.36. The highest BCUT2D eigenvalue weighted by Crippen LogP contribution is 2.44. The number of halogens is 2. The number of pyridine rings is 1. The molecule has 0 amide bonds. The quantitative estimate of drug-likeness (QED) is 0.180. The van der Waals surface area contributed by atoms with Gasteiger partial charge in [0.1, 0.15) is 22.9 Å². The van der Waals surface area contributed by atoms with Crippen LogP contribution in [0.1, 0.15) is 16.7 Å². The molecule has 0 atom stereocenters. The molecular weight excluding hydrogens is 591 g/mol. The zero-order chi connectivity index (χ0) is 28.5. The van der Waals surface area contributed by atoms with E-state index < -0.39 is 5.54 Å². The minimum absolute atomic E-state index is 0.345. The van der Waals surface area contributed by atoms with Gasteiger partial charge >= 0.3 is 0 Å². The summed E-state index contributed by atoms with van der Waals surface area (Å²) in [6, 6.07) is 38.4. The molecule has 0 aliphatic carbocycles. The van der Waals surface area contributed by atoms with Crippen molar-refractivity contribution in [2.24, 2.45) is 0 Å². The molecule has 3 heterocycles. The number of hydrogen-bond donors (Lipinski definition) is 0. The van der Waals surface area contributed by atoms with E-state index in [1.54, 1.807) is 6.07 Å². The molecule has 208 valence electrons. The van der Waals surface area contributed by atoms with Gasteiger partial charge in [-0.15, -0.1) is 0 Å². The maximum absolute atomic E-state index is 15.4. The number of anilines is 1. The van der Waals surface area contributed by atoms with Crippen LogP contribution in [-0.4, -0.2) is 41.1 Å². The molecule has 2 aromatic heterocycles. The van der Waals surface area contributed by atoms with Gasteiger partial charge in [-0.2, -0.15) is 5.10 Å². The second-order valence-corrected chi connectivity index (χ2v) is 11.2. The monoisotopic (exact) mass is 618 g/mol. The van der Waals surface area contributed by atoms with E-state index in [-0.39, 0.29) is 5.82 Å². The van der Waals surface area contributed by atoms with Gasteiger partial charge in [-0.05, 0) is 50.8 Å². The number of benzene rings is 4. The predicted molar refractivity (Wildman–Crippen MR) is 168 cm³/mol. The summed E-state index contributed by atoms with van der Waals surface area (Å²) in [6.45, 7) is 2.90. The molecule has 1 saturated heterocycles. The molecule has 0 spiro atoms. The molecule has 1 aliphatic rings. The van der Waals surface area contributed by atoms with E-state index in [2.05, 4.69) is 68.3 Å². The van der Waals surface area contributed by atoms with Crippen LogP contribution in [-0.2, 0) is 10.3 Å². The van der Waals surface area contributed by atoms with Crippen LogP contribution in [0.15, 0.2) is 126 Å². The van der Waals surface area contributed by atoms with Crippen molar-refractivity contribution < 1.29 is 9.13 Å².